The van der Waals surface area contributed by atoms with E-state index in [1.54, 1.807) is 31.5 Å². The molecule has 10 nitrogen and oxygen atoms in total. The van der Waals surface area contributed by atoms with Gasteiger partial charge in [-0.25, -0.2) is 4.79 Å². The topological polar surface area (TPSA) is 146 Å². The summed E-state index contributed by atoms with van der Waals surface area (Å²) in [6.07, 6.45) is 2.23. The van der Waals surface area contributed by atoms with Crippen LogP contribution in [-0.4, -0.2) is 65.6 Å². The minimum Gasteiger partial charge on any atom is -0.449 e. The van der Waals surface area contributed by atoms with Gasteiger partial charge in [-0.1, -0.05) is 0 Å². The number of ether oxygens (including phenoxy) is 2. The highest BCUT2D eigenvalue weighted by atomic mass is 16.6. The van der Waals surface area contributed by atoms with E-state index >= 15 is 0 Å². The molecule has 30 heavy (non-hydrogen) atoms. The molecule has 0 radical (unpaired) electrons. The van der Waals surface area contributed by atoms with Crippen LogP contribution in [0.15, 0.2) is 47.1 Å². The van der Waals surface area contributed by atoms with Gasteiger partial charge in [0.25, 0.3) is 0 Å². The van der Waals surface area contributed by atoms with Gasteiger partial charge < -0.3 is 30.7 Å². The number of carbonyl (C=O) groups is 3. The number of allylic oxidation sites excluding steroid dienone is 2. The number of nitrogens with one attached hydrogen (secondary N) is 2. The molecule has 0 saturated carbocycles. The number of nitrogens with zero attached hydrogens (tertiary/aromatic N) is 2. The predicted molar refractivity (Wildman–Crippen MR) is 104 cm³/mol. The van der Waals surface area contributed by atoms with Crippen molar-refractivity contribution in [2.75, 3.05) is 25.6 Å². The number of carbonyl (C=O) groups excluding carboxylic acids is 3. The van der Waals surface area contributed by atoms with E-state index in [1.807, 2.05) is 4.90 Å². The Morgan fingerprint density at radius 1 is 1.43 bits per heavy atom. The maximum absolute atomic E-state index is 13.6. The van der Waals surface area contributed by atoms with E-state index in [9.17, 15) is 14.4 Å². The molecule has 5 rings (SSSR count). The van der Waals surface area contributed by atoms with Gasteiger partial charge in [0.1, 0.15) is 6.61 Å². The number of ketones is 2. The first-order valence-electron chi connectivity index (χ1n) is 9.62. The monoisotopic (exact) mass is 411 g/mol. The Labute approximate surface area is 172 Å². The summed E-state index contributed by atoms with van der Waals surface area (Å²) < 4.78 is 11.0. The van der Waals surface area contributed by atoms with Crippen LogP contribution in [0.2, 0.25) is 0 Å². The fourth-order valence-electron chi connectivity index (χ4n) is 5.02. The second kappa shape index (κ2) is 6.38. The molecule has 0 bridgehead atoms. The van der Waals surface area contributed by atoms with Crippen LogP contribution < -0.4 is 16.4 Å². The summed E-state index contributed by atoms with van der Waals surface area (Å²) >= 11 is 0. The van der Waals surface area contributed by atoms with Crippen LogP contribution in [0.25, 0.3) is 0 Å². The van der Waals surface area contributed by atoms with Crippen LogP contribution in [0.4, 0.5) is 10.5 Å². The number of methoxy groups -OCH3 is 1. The highest BCUT2D eigenvalue weighted by molar-refractivity contribution is 6.26. The third-order valence-corrected chi connectivity index (χ3v) is 6.36. The van der Waals surface area contributed by atoms with Gasteiger partial charge in [0, 0.05) is 37.0 Å². The first-order valence-corrected chi connectivity index (χ1v) is 9.62. The molecule has 2 saturated heterocycles. The first-order chi connectivity index (χ1) is 14.4. The second-order valence-electron chi connectivity index (χ2n) is 7.79. The number of amides is 1. The van der Waals surface area contributed by atoms with Crippen molar-refractivity contribution in [3.8, 4) is 0 Å². The molecular weight excluding hydrogens is 390 g/mol. The predicted octanol–water partition coefficient (Wildman–Crippen LogP) is -0.103. The molecule has 1 aromatic rings. The molecule has 0 unspecified atom stereocenters. The minimum absolute atomic E-state index is 0.0785. The molecule has 1 amide bonds. The van der Waals surface area contributed by atoms with Crippen LogP contribution in [0.5, 0.6) is 0 Å². The van der Waals surface area contributed by atoms with Gasteiger partial charge in [0.2, 0.25) is 11.6 Å². The average molecular weight is 411 g/mol. The Bertz CT molecular complexity index is 1040. The van der Waals surface area contributed by atoms with Crippen LogP contribution in [0, 0.1) is 5.92 Å². The Balaban J connectivity index is 1.58. The number of hydrogen-bond acceptors (Lipinski definition) is 9. The quantitative estimate of drug-likeness (QED) is 0.446. The lowest BCUT2D eigenvalue weighted by Crippen LogP contribution is -2.55. The largest absolute Gasteiger partial charge is 0.449 e. The number of aromatic nitrogens is 1. The molecule has 3 aliphatic heterocycles. The lowest BCUT2D eigenvalue weighted by atomic mass is 9.82. The fraction of sp³-hybridized carbons (Fsp3) is 0.400. The van der Waals surface area contributed by atoms with Crippen molar-refractivity contribution in [3.63, 3.8) is 0 Å². The van der Waals surface area contributed by atoms with Crippen LogP contribution >= 0.6 is 0 Å². The Morgan fingerprint density at radius 3 is 2.90 bits per heavy atom. The molecule has 10 heteroatoms. The van der Waals surface area contributed by atoms with Crippen LogP contribution in [-0.2, 0) is 19.1 Å². The zero-order valence-corrected chi connectivity index (χ0v) is 16.5. The van der Waals surface area contributed by atoms with Gasteiger partial charge in [-0.3, -0.25) is 14.6 Å². The van der Waals surface area contributed by atoms with Crippen molar-refractivity contribution in [1.29, 1.82) is 0 Å². The van der Waals surface area contributed by atoms with Crippen molar-refractivity contribution < 1.29 is 23.9 Å². The zero-order valence-electron chi connectivity index (χ0n) is 16.5. The van der Waals surface area contributed by atoms with Crippen molar-refractivity contribution >= 4 is 23.3 Å². The molecule has 1 aromatic heterocycles. The smallest absolute Gasteiger partial charge is 0.404 e. The molecule has 156 valence electrons. The Morgan fingerprint density at radius 2 is 2.23 bits per heavy atom. The lowest BCUT2D eigenvalue weighted by Gasteiger charge is -2.39. The van der Waals surface area contributed by atoms with Gasteiger partial charge in [-0.2, -0.15) is 0 Å². The van der Waals surface area contributed by atoms with Gasteiger partial charge in [0.15, 0.2) is 5.72 Å². The van der Waals surface area contributed by atoms with E-state index in [0.29, 0.717) is 23.5 Å². The number of hydrogen-bond donors (Lipinski definition) is 3. The molecular formula is C20H21N5O5. The average Bonchev–Trinajstić information content (AvgIpc) is 3.35. The number of nitrogens with two attached hydrogens (primary N) is 1. The number of piperazine rings is 1. The highest BCUT2D eigenvalue weighted by Gasteiger charge is 2.72. The van der Waals surface area contributed by atoms with Crippen LogP contribution in [0.3, 0.4) is 0 Å². The van der Waals surface area contributed by atoms with Gasteiger partial charge in [-0.15, -0.1) is 0 Å². The minimum atomic E-state index is -0.986. The summed E-state index contributed by atoms with van der Waals surface area (Å²) in [6, 6.07) is 3.55. The van der Waals surface area contributed by atoms with Crippen molar-refractivity contribution in [2.24, 2.45) is 11.7 Å². The van der Waals surface area contributed by atoms with Crippen molar-refractivity contribution in [1.82, 2.24) is 15.2 Å². The van der Waals surface area contributed by atoms with Gasteiger partial charge in [0.05, 0.1) is 35.2 Å². The van der Waals surface area contributed by atoms with E-state index in [2.05, 4.69) is 15.6 Å². The maximum atomic E-state index is 13.6. The number of fused-ring (bicyclic) bond motifs is 4. The molecule has 4 aliphatic rings. The first kappa shape index (κ1) is 18.8. The Hall–Kier alpha value is -3.24. The molecule has 1 aliphatic carbocycles. The molecule has 4 heterocycles. The SMILES string of the molecule is CO[C@@]12[C@H](COC(N)=O)C3=C(C(=O)C(C)=C(Nc4cccnc4)C3=O)N1C[C@@H]1N[C@@H]12. The lowest BCUT2D eigenvalue weighted by molar-refractivity contribution is -0.137. The molecule has 4 atom stereocenters. The molecule has 4 N–H and O–H groups in total. The summed E-state index contributed by atoms with van der Waals surface area (Å²) in [7, 11) is 1.54. The van der Waals surface area contributed by atoms with Crippen molar-refractivity contribution in [2.45, 2.75) is 24.7 Å². The molecule has 0 aromatic carbocycles. The number of primary amides is 1. The molecule has 0 spiro atoms. The number of pyridine rings is 1. The van der Waals surface area contributed by atoms with Gasteiger partial charge >= 0.3 is 6.09 Å². The molecule has 2 fully saturated rings. The number of anilines is 1. The van der Waals surface area contributed by atoms with E-state index in [0.717, 1.165) is 0 Å². The van der Waals surface area contributed by atoms with Gasteiger partial charge in [-0.05, 0) is 19.1 Å². The summed E-state index contributed by atoms with van der Waals surface area (Å²) in [6.45, 7) is 1.99. The van der Waals surface area contributed by atoms with E-state index in [-0.39, 0.29) is 41.5 Å². The summed E-state index contributed by atoms with van der Waals surface area (Å²) in [4.78, 5) is 44.2. The normalized spacial score (nSPS) is 31.5. The number of rotatable bonds is 5. The van der Waals surface area contributed by atoms with Crippen molar-refractivity contribution in [3.05, 3.63) is 47.1 Å². The van der Waals surface area contributed by atoms with E-state index in [4.69, 9.17) is 15.2 Å². The summed E-state index contributed by atoms with van der Waals surface area (Å²) in [5.74, 6) is -1.24. The standard InChI is InChI=1S/C20H21N5O5/c1-9-14(23-10-4-3-5-22-6-10)17(27)13-11(8-30-19(21)28)20(29-2)18-12(24-18)7-25(20)15(13)16(9)26/h3-6,11-12,18,23-24H,7-8H2,1-2H3,(H2,21,28)/t11-,12+,18+,20-/m1/s1. The van der Waals surface area contributed by atoms with Crippen LogP contribution in [0.1, 0.15) is 6.92 Å². The summed E-state index contributed by atoms with van der Waals surface area (Å²) in [5, 5.41) is 6.36. The maximum Gasteiger partial charge on any atom is 0.404 e. The number of Topliss-reactive ketones (excluding diaryl/α,β-unsaturated/α-hetero) is 2. The fourth-order valence-corrected chi connectivity index (χ4v) is 5.02. The zero-order chi connectivity index (χ0) is 21.2. The second-order valence-corrected chi connectivity index (χ2v) is 7.79. The third-order valence-electron chi connectivity index (χ3n) is 6.36. The van der Waals surface area contributed by atoms with E-state index in [1.165, 1.54) is 7.11 Å². The highest BCUT2D eigenvalue weighted by Crippen LogP contribution is 2.55. The summed E-state index contributed by atoms with van der Waals surface area (Å²) in [5.41, 5.74) is 5.90. The Kier molecular flexibility index (Phi) is 3.99. The van der Waals surface area contributed by atoms with E-state index < -0.39 is 17.7 Å². The third kappa shape index (κ3) is 2.37.